The van der Waals surface area contributed by atoms with Crippen molar-refractivity contribution in [3.05, 3.63) is 95.0 Å². The largest absolute Gasteiger partial charge is 0.491 e. The van der Waals surface area contributed by atoms with Crippen molar-refractivity contribution in [2.24, 2.45) is 0 Å². The van der Waals surface area contributed by atoms with E-state index in [0.717, 1.165) is 56.1 Å². The Balaban J connectivity index is 0.910. The van der Waals surface area contributed by atoms with Crippen LogP contribution in [-0.2, 0) is 26.6 Å². The predicted molar refractivity (Wildman–Crippen MR) is 191 cm³/mol. The summed E-state index contributed by atoms with van der Waals surface area (Å²) < 4.78 is 20.5. The SMILES string of the molecule is CCCCC1NC(=O)N(c2ccc(N3CCN(c4ccc(OC[C@@H]5CO[C@@](Cn6cncn6)(c6ccc(Cl)cc6Cl)O5)cc4)CC3)cc2)C1=O. The number of benzene rings is 3. The molecular weight excluding hydrogens is 681 g/mol. The zero-order valence-corrected chi connectivity index (χ0v) is 29.2. The van der Waals surface area contributed by atoms with Gasteiger partial charge in [-0.25, -0.2) is 19.4 Å². The van der Waals surface area contributed by atoms with E-state index in [-0.39, 0.29) is 31.2 Å². The van der Waals surface area contributed by atoms with Gasteiger partial charge < -0.3 is 29.3 Å². The smallest absolute Gasteiger partial charge is 0.329 e. The zero-order valence-electron chi connectivity index (χ0n) is 27.7. The highest BCUT2D eigenvalue weighted by molar-refractivity contribution is 6.35. The summed E-state index contributed by atoms with van der Waals surface area (Å²) in [5.74, 6) is -0.613. The second-order valence-electron chi connectivity index (χ2n) is 12.6. The molecule has 12 nitrogen and oxygen atoms in total. The van der Waals surface area contributed by atoms with E-state index < -0.39 is 11.8 Å². The highest BCUT2D eigenvalue weighted by Gasteiger charge is 2.46. The van der Waals surface area contributed by atoms with Crippen LogP contribution in [0.1, 0.15) is 31.7 Å². The number of rotatable bonds is 12. The van der Waals surface area contributed by atoms with Gasteiger partial charge >= 0.3 is 6.03 Å². The van der Waals surface area contributed by atoms with Gasteiger partial charge in [0, 0.05) is 48.1 Å². The van der Waals surface area contributed by atoms with Crippen molar-refractivity contribution in [3.8, 4) is 5.75 Å². The second kappa shape index (κ2) is 14.9. The molecule has 14 heteroatoms. The Morgan fingerprint density at radius 2 is 1.62 bits per heavy atom. The van der Waals surface area contributed by atoms with Crippen molar-refractivity contribution < 1.29 is 23.8 Å². The Morgan fingerprint density at radius 3 is 2.26 bits per heavy atom. The number of amides is 3. The molecule has 0 saturated carbocycles. The molecule has 3 atom stereocenters. The van der Waals surface area contributed by atoms with E-state index in [1.807, 2.05) is 42.5 Å². The fourth-order valence-electron chi connectivity index (χ4n) is 6.64. The average Bonchev–Trinajstić information content (AvgIpc) is 3.86. The Hall–Kier alpha value is -4.36. The molecule has 3 aliphatic rings. The summed E-state index contributed by atoms with van der Waals surface area (Å²) in [4.78, 5) is 35.3. The van der Waals surface area contributed by atoms with E-state index >= 15 is 0 Å². The molecule has 1 N–H and O–H groups in total. The van der Waals surface area contributed by atoms with Gasteiger partial charge in [-0.1, -0.05) is 49.0 Å². The van der Waals surface area contributed by atoms with E-state index in [4.69, 9.17) is 37.4 Å². The van der Waals surface area contributed by atoms with Gasteiger partial charge in [0.25, 0.3) is 5.91 Å². The van der Waals surface area contributed by atoms with Gasteiger partial charge in [0.15, 0.2) is 0 Å². The lowest BCUT2D eigenvalue weighted by Crippen LogP contribution is -2.46. The molecule has 0 radical (unpaired) electrons. The number of hydrogen-bond donors (Lipinski definition) is 1. The van der Waals surface area contributed by atoms with Gasteiger partial charge in [-0.2, -0.15) is 5.10 Å². The van der Waals surface area contributed by atoms with E-state index in [2.05, 4.69) is 44.3 Å². The van der Waals surface area contributed by atoms with Crippen LogP contribution in [-0.4, -0.2) is 78.2 Å². The highest BCUT2D eigenvalue weighted by atomic mass is 35.5. The third kappa shape index (κ3) is 7.25. The fraction of sp³-hybridized carbons (Fsp3) is 0.389. The van der Waals surface area contributed by atoms with Gasteiger partial charge in [-0.3, -0.25) is 4.79 Å². The number of carbonyl (C=O) groups is 2. The maximum Gasteiger partial charge on any atom is 0.329 e. The van der Waals surface area contributed by atoms with Crippen LogP contribution in [0, 0.1) is 0 Å². The van der Waals surface area contributed by atoms with Gasteiger partial charge in [0.05, 0.1) is 17.3 Å². The third-order valence-corrected chi connectivity index (χ3v) is 9.84. The lowest BCUT2D eigenvalue weighted by Gasteiger charge is -2.37. The van der Waals surface area contributed by atoms with Crippen molar-refractivity contribution in [3.63, 3.8) is 0 Å². The van der Waals surface area contributed by atoms with Crippen molar-refractivity contribution in [1.82, 2.24) is 20.1 Å². The van der Waals surface area contributed by atoms with Gasteiger partial charge in [-0.05, 0) is 67.1 Å². The number of urea groups is 1. The Bertz CT molecular complexity index is 1790. The van der Waals surface area contributed by atoms with Crippen LogP contribution in [0.15, 0.2) is 79.4 Å². The maximum atomic E-state index is 12.8. The standard InChI is InChI=1S/C36H39Cl2N7O5/c1-2-3-4-33-34(46)45(35(47)41-33)28-8-6-26(7-9-28)42-15-17-43(18-16-42)27-10-12-29(13-11-27)48-20-30-21-49-36(50-30,22-44-24-39-23-40-44)31-14-5-25(37)19-32(31)38/h5-14,19,23-24,30,33H,2-4,15-18,20-22H2,1H3,(H,41,47)/t30-,33?,36-/m1/s1. The van der Waals surface area contributed by atoms with Crippen molar-refractivity contribution in [1.29, 1.82) is 0 Å². The number of halogens is 2. The summed E-state index contributed by atoms with van der Waals surface area (Å²) in [6.45, 7) is 6.31. The molecule has 3 aromatic carbocycles. The highest BCUT2D eigenvalue weighted by Crippen LogP contribution is 2.40. The van der Waals surface area contributed by atoms with E-state index in [1.165, 1.54) is 11.2 Å². The number of ether oxygens (including phenoxy) is 3. The Kier molecular flexibility index (Phi) is 10.1. The molecule has 262 valence electrons. The van der Waals surface area contributed by atoms with E-state index in [0.29, 0.717) is 34.3 Å². The normalized spacial score (nSPS) is 22.3. The van der Waals surface area contributed by atoms with E-state index in [9.17, 15) is 9.59 Å². The molecule has 3 amide bonds. The minimum atomic E-state index is -1.17. The maximum absolute atomic E-state index is 12.8. The zero-order chi connectivity index (χ0) is 34.7. The molecule has 4 aromatic rings. The Morgan fingerprint density at radius 1 is 0.940 bits per heavy atom. The molecule has 7 rings (SSSR count). The third-order valence-electron chi connectivity index (χ3n) is 9.29. The number of unbranched alkanes of at least 4 members (excludes halogenated alkanes) is 1. The number of piperazine rings is 1. The monoisotopic (exact) mass is 719 g/mol. The summed E-state index contributed by atoms with van der Waals surface area (Å²) in [6.07, 6.45) is 5.25. The van der Waals surface area contributed by atoms with Gasteiger partial charge in [0.2, 0.25) is 5.79 Å². The van der Waals surface area contributed by atoms with Crippen molar-refractivity contribution in [2.45, 2.75) is 50.7 Å². The van der Waals surface area contributed by atoms with Crippen molar-refractivity contribution >= 4 is 52.2 Å². The molecule has 1 unspecified atom stereocenters. The molecular formula is C36H39Cl2N7O5. The predicted octanol–water partition coefficient (Wildman–Crippen LogP) is 5.87. The number of nitrogens with zero attached hydrogens (tertiary/aromatic N) is 6. The number of carbonyl (C=O) groups excluding carboxylic acids is 2. The molecule has 0 spiro atoms. The summed E-state index contributed by atoms with van der Waals surface area (Å²) in [5.41, 5.74) is 3.44. The number of nitrogens with one attached hydrogen (secondary N) is 1. The first-order valence-corrected chi connectivity index (χ1v) is 17.6. The number of aromatic nitrogens is 3. The fourth-order valence-corrected chi connectivity index (χ4v) is 7.19. The Labute approximate surface area is 300 Å². The lowest BCUT2D eigenvalue weighted by molar-refractivity contribution is -0.190. The van der Waals surface area contributed by atoms with Crippen LogP contribution >= 0.6 is 23.2 Å². The van der Waals surface area contributed by atoms with Crippen LogP contribution in [0.3, 0.4) is 0 Å². The number of imide groups is 1. The quantitative estimate of drug-likeness (QED) is 0.180. The molecule has 3 fully saturated rings. The average molecular weight is 721 g/mol. The summed E-state index contributed by atoms with van der Waals surface area (Å²) in [7, 11) is 0. The van der Waals surface area contributed by atoms with Gasteiger partial charge in [0.1, 0.15) is 43.7 Å². The first kappa shape index (κ1) is 34.1. The van der Waals surface area contributed by atoms with Crippen molar-refractivity contribution in [2.75, 3.05) is 54.1 Å². The molecule has 1 aromatic heterocycles. The van der Waals surface area contributed by atoms with E-state index in [1.54, 1.807) is 23.1 Å². The van der Waals surface area contributed by atoms with Crippen LogP contribution in [0.5, 0.6) is 5.75 Å². The molecule has 3 aliphatic heterocycles. The first-order chi connectivity index (χ1) is 24.3. The second-order valence-corrected chi connectivity index (χ2v) is 13.5. The molecule has 0 bridgehead atoms. The topological polar surface area (TPSA) is 114 Å². The first-order valence-electron chi connectivity index (χ1n) is 16.9. The molecule has 3 saturated heterocycles. The molecule has 50 heavy (non-hydrogen) atoms. The molecule has 4 heterocycles. The number of hydrogen-bond acceptors (Lipinski definition) is 9. The summed E-state index contributed by atoms with van der Waals surface area (Å²) >= 11 is 12.7. The van der Waals surface area contributed by atoms with Gasteiger partial charge in [-0.15, -0.1) is 0 Å². The molecule has 0 aliphatic carbocycles. The summed E-state index contributed by atoms with van der Waals surface area (Å²) in [5, 5.41) is 8.01. The number of anilines is 3. The lowest BCUT2D eigenvalue weighted by atomic mass is 10.1. The van der Waals surface area contributed by atoms with Crippen LogP contribution < -0.4 is 24.8 Å². The van der Waals surface area contributed by atoms with Crippen LogP contribution in [0.2, 0.25) is 10.0 Å². The minimum absolute atomic E-state index is 0.178. The van der Waals surface area contributed by atoms with Crippen LogP contribution in [0.25, 0.3) is 0 Å². The minimum Gasteiger partial charge on any atom is -0.491 e. The van der Waals surface area contributed by atoms with Crippen LogP contribution in [0.4, 0.5) is 21.9 Å². The summed E-state index contributed by atoms with van der Waals surface area (Å²) in [6, 6.07) is 20.2.